The number of likely N-dealkylation sites (tertiary alicyclic amines) is 1. The summed E-state index contributed by atoms with van der Waals surface area (Å²) in [7, 11) is 0. The molecule has 0 amide bonds. The van der Waals surface area contributed by atoms with E-state index in [1.54, 1.807) is 0 Å². The van der Waals surface area contributed by atoms with E-state index < -0.39 is 0 Å². The highest BCUT2D eigenvalue weighted by Crippen LogP contribution is 2.34. The molecule has 0 aromatic carbocycles. The maximum absolute atomic E-state index is 11.9. The SMILES string of the molecule is CCOC(=O)[C@@H]1CCCN(C2CCC(C)C(C)C2)C1. The Labute approximate surface area is 117 Å². The fraction of sp³-hybridized carbons (Fsp3) is 0.938. The maximum Gasteiger partial charge on any atom is 0.310 e. The minimum atomic E-state index is 0.0180. The number of hydrogen-bond acceptors (Lipinski definition) is 3. The van der Waals surface area contributed by atoms with Crippen molar-refractivity contribution in [1.82, 2.24) is 4.90 Å². The zero-order chi connectivity index (χ0) is 13.8. The van der Waals surface area contributed by atoms with Gasteiger partial charge < -0.3 is 4.74 Å². The average molecular weight is 267 g/mol. The van der Waals surface area contributed by atoms with Crippen LogP contribution in [0.1, 0.15) is 52.9 Å². The Morgan fingerprint density at radius 1 is 1.21 bits per heavy atom. The van der Waals surface area contributed by atoms with Gasteiger partial charge in [0.25, 0.3) is 0 Å². The van der Waals surface area contributed by atoms with E-state index in [9.17, 15) is 4.79 Å². The first-order chi connectivity index (χ1) is 9.11. The number of ether oxygens (including phenoxy) is 1. The topological polar surface area (TPSA) is 29.5 Å². The van der Waals surface area contributed by atoms with Crippen molar-refractivity contribution < 1.29 is 9.53 Å². The molecular weight excluding hydrogens is 238 g/mol. The molecule has 3 nitrogen and oxygen atoms in total. The number of carbonyl (C=O) groups is 1. The van der Waals surface area contributed by atoms with Crippen LogP contribution in [0, 0.1) is 17.8 Å². The molecule has 0 aromatic heterocycles. The average Bonchev–Trinajstić information content (AvgIpc) is 2.42. The first-order valence-corrected chi connectivity index (χ1v) is 8.02. The van der Waals surface area contributed by atoms with Crippen LogP contribution in [0.15, 0.2) is 0 Å². The van der Waals surface area contributed by atoms with Gasteiger partial charge in [-0.2, -0.15) is 0 Å². The van der Waals surface area contributed by atoms with E-state index in [0.29, 0.717) is 12.6 Å². The van der Waals surface area contributed by atoms with E-state index >= 15 is 0 Å². The van der Waals surface area contributed by atoms with E-state index in [-0.39, 0.29) is 11.9 Å². The van der Waals surface area contributed by atoms with Crippen molar-refractivity contribution in [1.29, 1.82) is 0 Å². The third kappa shape index (κ3) is 3.71. The van der Waals surface area contributed by atoms with Crippen LogP contribution in [0.5, 0.6) is 0 Å². The van der Waals surface area contributed by atoms with Gasteiger partial charge in [0.1, 0.15) is 0 Å². The highest BCUT2D eigenvalue weighted by Gasteiger charge is 2.33. The molecule has 4 atom stereocenters. The molecule has 0 radical (unpaired) electrons. The molecule has 110 valence electrons. The molecule has 0 N–H and O–H groups in total. The number of nitrogens with zero attached hydrogens (tertiary/aromatic N) is 1. The minimum absolute atomic E-state index is 0.0180. The Kier molecular flexibility index (Phi) is 5.26. The summed E-state index contributed by atoms with van der Waals surface area (Å²) in [5.74, 6) is 1.82. The van der Waals surface area contributed by atoms with Gasteiger partial charge in [0, 0.05) is 12.6 Å². The molecule has 2 fully saturated rings. The Bertz CT molecular complexity index is 305. The monoisotopic (exact) mass is 267 g/mol. The van der Waals surface area contributed by atoms with E-state index in [1.807, 2.05) is 6.92 Å². The first-order valence-electron chi connectivity index (χ1n) is 8.02. The molecule has 1 saturated carbocycles. The molecule has 1 aliphatic carbocycles. The molecule has 2 aliphatic rings. The lowest BCUT2D eigenvalue weighted by molar-refractivity contribution is -0.150. The molecule has 3 unspecified atom stereocenters. The van der Waals surface area contributed by atoms with E-state index in [1.165, 1.54) is 25.8 Å². The summed E-state index contributed by atoms with van der Waals surface area (Å²) in [5.41, 5.74) is 0. The van der Waals surface area contributed by atoms with Crippen molar-refractivity contribution in [2.75, 3.05) is 19.7 Å². The van der Waals surface area contributed by atoms with Crippen LogP contribution < -0.4 is 0 Å². The molecule has 1 aliphatic heterocycles. The molecule has 1 saturated heterocycles. The molecular formula is C16H29NO2. The van der Waals surface area contributed by atoms with Crippen molar-refractivity contribution in [2.24, 2.45) is 17.8 Å². The van der Waals surface area contributed by atoms with Gasteiger partial charge in [-0.15, -0.1) is 0 Å². The number of esters is 1. The van der Waals surface area contributed by atoms with Gasteiger partial charge in [0.2, 0.25) is 0 Å². The van der Waals surface area contributed by atoms with E-state index in [4.69, 9.17) is 4.74 Å². The largest absolute Gasteiger partial charge is 0.466 e. The summed E-state index contributed by atoms with van der Waals surface area (Å²) in [6.45, 7) is 9.24. The number of piperidine rings is 1. The van der Waals surface area contributed by atoms with Gasteiger partial charge in [0.05, 0.1) is 12.5 Å². The van der Waals surface area contributed by atoms with Crippen LogP contribution in [-0.2, 0) is 9.53 Å². The van der Waals surface area contributed by atoms with Crippen molar-refractivity contribution in [3.63, 3.8) is 0 Å². The smallest absolute Gasteiger partial charge is 0.310 e. The molecule has 3 heteroatoms. The maximum atomic E-state index is 11.9. The predicted molar refractivity (Wildman–Crippen MR) is 76.9 cm³/mol. The zero-order valence-corrected chi connectivity index (χ0v) is 12.7. The summed E-state index contributed by atoms with van der Waals surface area (Å²) in [6.07, 6.45) is 6.10. The number of hydrogen-bond donors (Lipinski definition) is 0. The molecule has 0 bridgehead atoms. The van der Waals surface area contributed by atoms with Gasteiger partial charge in [-0.3, -0.25) is 9.69 Å². The van der Waals surface area contributed by atoms with Gasteiger partial charge in [0.15, 0.2) is 0 Å². The second-order valence-corrected chi connectivity index (χ2v) is 6.51. The van der Waals surface area contributed by atoms with Gasteiger partial charge in [-0.05, 0) is 57.4 Å². The molecule has 0 spiro atoms. The summed E-state index contributed by atoms with van der Waals surface area (Å²) in [5, 5.41) is 0. The Balaban J connectivity index is 1.88. The summed E-state index contributed by atoms with van der Waals surface area (Å²) < 4.78 is 5.19. The second-order valence-electron chi connectivity index (χ2n) is 6.51. The lowest BCUT2D eigenvalue weighted by Crippen LogP contribution is -2.47. The van der Waals surface area contributed by atoms with Crippen molar-refractivity contribution >= 4 is 5.97 Å². The third-order valence-corrected chi connectivity index (χ3v) is 5.16. The van der Waals surface area contributed by atoms with Crippen molar-refractivity contribution in [3.05, 3.63) is 0 Å². The summed E-state index contributed by atoms with van der Waals surface area (Å²) in [6, 6.07) is 0.698. The zero-order valence-electron chi connectivity index (χ0n) is 12.7. The van der Waals surface area contributed by atoms with E-state index in [0.717, 1.165) is 31.2 Å². The Morgan fingerprint density at radius 2 is 2.00 bits per heavy atom. The molecule has 19 heavy (non-hydrogen) atoms. The van der Waals surface area contributed by atoms with Crippen molar-refractivity contribution in [3.8, 4) is 0 Å². The Morgan fingerprint density at radius 3 is 2.68 bits per heavy atom. The third-order valence-electron chi connectivity index (χ3n) is 5.16. The summed E-state index contributed by atoms with van der Waals surface area (Å²) >= 11 is 0. The number of rotatable bonds is 3. The predicted octanol–water partition coefficient (Wildman–Crippen LogP) is 3.09. The van der Waals surface area contributed by atoms with Crippen molar-refractivity contribution in [2.45, 2.75) is 58.9 Å². The van der Waals surface area contributed by atoms with Gasteiger partial charge >= 0.3 is 5.97 Å². The normalized spacial score (nSPS) is 37.0. The minimum Gasteiger partial charge on any atom is -0.466 e. The first kappa shape index (κ1) is 14.8. The lowest BCUT2D eigenvalue weighted by atomic mass is 9.78. The quantitative estimate of drug-likeness (QED) is 0.736. The molecule has 2 rings (SSSR count). The van der Waals surface area contributed by atoms with E-state index in [2.05, 4.69) is 18.7 Å². The second kappa shape index (κ2) is 6.74. The van der Waals surface area contributed by atoms with Crippen LogP contribution in [0.4, 0.5) is 0 Å². The van der Waals surface area contributed by atoms with Crippen LogP contribution in [0.2, 0.25) is 0 Å². The Hall–Kier alpha value is -0.570. The van der Waals surface area contributed by atoms with Gasteiger partial charge in [-0.25, -0.2) is 0 Å². The highest BCUT2D eigenvalue weighted by atomic mass is 16.5. The van der Waals surface area contributed by atoms with Gasteiger partial charge in [-0.1, -0.05) is 13.8 Å². The van der Waals surface area contributed by atoms with Crippen LogP contribution >= 0.6 is 0 Å². The lowest BCUT2D eigenvalue weighted by Gasteiger charge is -2.42. The summed E-state index contributed by atoms with van der Waals surface area (Å²) in [4.78, 5) is 14.5. The fourth-order valence-electron chi connectivity index (χ4n) is 3.64. The molecule has 0 aromatic rings. The highest BCUT2D eigenvalue weighted by molar-refractivity contribution is 5.72. The number of carbonyl (C=O) groups excluding carboxylic acids is 1. The standard InChI is InChI=1S/C16H29NO2/c1-4-19-16(18)14-6-5-9-17(11-14)15-8-7-12(2)13(3)10-15/h12-15H,4-11H2,1-3H3/t12?,13?,14-,15?/m1/s1. The fourth-order valence-corrected chi connectivity index (χ4v) is 3.64. The van der Waals surface area contributed by atoms with Crippen LogP contribution in [0.25, 0.3) is 0 Å². The van der Waals surface area contributed by atoms with Crippen LogP contribution in [-0.4, -0.2) is 36.6 Å². The molecule has 1 heterocycles. The van der Waals surface area contributed by atoms with Crippen LogP contribution in [0.3, 0.4) is 0 Å².